The van der Waals surface area contributed by atoms with Crippen molar-refractivity contribution in [2.24, 2.45) is 0 Å². The van der Waals surface area contributed by atoms with Crippen molar-refractivity contribution in [2.45, 2.75) is 20.8 Å². The number of hydrogen-bond acceptors (Lipinski definition) is 2. The van der Waals surface area contributed by atoms with E-state index in [-0.39, 0.29) is 5.91 Å². The van der Waals surface area contributed by atoms with Crippen LogP contribution in [-0.2, 0) is 0 Å². The molecule has 21 heavy (non-hydrogen) atoms. The normalized spacial score (nSPS) is 10.3. The van der Waals surface area contributed by atoms with Gasteiger partial charge in [-0.2, -0.15) is 0 Å². The molecule has 0 radical (unpaired) electrons. The van der Waals surface area contributed by atoms with Crippen molar-refractivity contribution >= 4 is 23.2 Å². The fourth-order valence-electron chi connectivity index (χ4n) is 1.98. The lowest BCUT2D eigenvalue weighted by atomic mass is 10.1. The average molecular weight is 304 g/mol. The Kier molecular flexibility index (Phi) is 4.86. The van der Waals surface area contributed by atoms with Gasteiger partial charge in [0.2, 0.25) is 0 Å². The van der Waals surface area contributed by atoms with Crippen LogP contribution in [0.5, 0.6) is 5.75 Å². The highest BCUT2D eigenvalue weighted by Crippen LogP contribution is 2.26. The van der Waals surface area contributed by atoms with Crippen LogP contribution in [0.2, 0.25) is 5.02 Å². The van der Waals surface area contributed by atoms with E-state index in [1.807, 2.05) is 39.0 Å². The smallest absolute Gasteiger partial charge is 0.255 e. The molecule has 2 aromatic carbocycles. The molecule has 2 rings (SSSR count). The van der Waals surface area contributed by atoms with E-state index in [9.17, 15) is 4.79 Å². The van der Waals surface area contributed by atoms with Gasteiger partial charge in [-0.1, -0.05) is 23.7 Å². The van der Waals surface area contributed by atoms with Gasteiger partial charge in [-0.3, -0.25) is 4.79 Å². The first-order chi connectivity index (χ1) is 10.0. The molecule has 0 aromatic heterocycles. The number of ether oxygens (including phenoxy) is 1. The predicted octanol–water partition coefficient (Wildman–Crippen LogP) is 4.61. The molecule has 0 spiro atoms. The van der Waals surface area contributed by atoms with Crippen molar-refractivity contribution in [3.63, 3.8) is 0 Å². The number of hydrogen-bond donors (Lipinski definition) is 1. The third-order valence-corrected chi connectivity index (χ3v) is 3.43. The standard InChI is InChI=1S/C17H18ClNO2/c1-4-21-16-8-7-13(10-14(16)18)17(20)19-15-9-11(2)5-6-12(15)3/h5-10H,4H2,1-3H3,(H,19,20). The number of nitrogens with one attached hydrogen (secondary N) is 1. The van der Waals surface area contributed by atoms with Gasteiger partial charge in [-0.25, -0.2) is 0 Å². The van der Waals surface area contributed by atoms with Gasteiger partial charge in [0, 0.05) is 11.3 Å². The Morgan fingerprint density at radius 3 is 2.62 bits per heavy atom. The number of carbonyl (C=O) groups is 1. The van der Waals surface area contributed by atoms with Crippen molar-refractivity contribution in [3.05, 3.63) is 58.1 Å². The third kappa shape index (κ3) is 3.76. The molecule has 0 aliphatic carbocycles. The molecule has 4 heteroatoms. The first-order valence-electron chi connectivity index (χ1n) is 6.82. The lowest BCUT2D eigenvalue weighted by Crippen LogP contribution is -2.13. The van der Waals surface area contributed by atoms with E-state index in [0.29, 0.717) is 22.9 Å². The van der Waals surface area contributed by atoms with Crippen molar-refractivity contribution < 1.29 is 9.53 Å². The number of halogens is 1. The average Bonchev–Trinajstić information content (AvgIpc) is 2.45. The highest BCUT2D eigenvalue weighted by atomic mass is 35.5. The van der Waals surface area contributed by atoms with E-state index in [0.717, 1.165) is 16.8 Å². The number of rotatable bonds is 4. The van der Waals surface area contributed by atoms with Crippen LogP contribution in [0.3, 0.4) is 0 Å². The summed E-state index contributed by atoms with van der Waals surface area (Å²) in [6.07, 6.45) is 0. The number of amides is 1. The second-order valence-electron chi connectivity index (χ2n) is 4.85. The summed E-state index contributed by atoms with van der Waals surface area (Å²) in [5.74, 6) is 0.399. The van der Waals surface area contributed by atoms with Crippen LogP contribution in [-0.4, -0.2) is 12.5 Å². The van der Waals surface area contributed by atoms with E-state index >= 15 is 0 Å². The van der Waals surface area contributed by atoms with Crippen LogP contribution < -0.4 is 10.1 Å². The zero-order valence-electron chi connectivity index (χ0n) is 12.4. The molecule has 2 aromatic rings. The highest BCUT2D eigenvalue weighted by Gasteiger charge is 2.11. The number of benzene rings is 2. The zero-order chi connectivity index (χ0) is 15.4. The van der Waals surface area contributed by atoms with Gasteiger partial charge in [0.1, 0.15) is 5.75 Å². The Hall–Kier alpha value is -2.00. The summed E-state index contributed by atoms with van der Waals surface area (Å²) < 4.78 is 5.36. The van der Waals surface area contributed by atoms with Gasteiger partial charge in [0.25, 0.3) is 5.91 Å². The maximum Gasteiger partial charge on any atom is 0.255 e. The molecule has 0 aliphatic rings. The van der Waals surface area contributed by atoms with Crippen molar-refractivity contribution in [1.29, 1.82) is 0 Å². The molecular weight excluding hydrogens is 286 g/mol. The molecule has 1 amide bonds. The third-order valence-electron chi connectivity index (χ3n) is 3.14. The van der Waals surface area contributed by atoms with Crippen LogP contribution in [0.25, 0.3) is 0 Å². The van der Waals surface area contributed by atoms with Gasteiger partial charge in [0.15, 0.2) is 0 Å². The number of carbonyl (C=O) groups excluding carboxylic acids is 1. The molecule has 0 heterocycles. The van der Waals surface area contributed by atoms with Crippen LogP contribution in [0.4, 0.5) is 5.69 Å². The maximum atomic E-state index is 12.3. The van der Waals surface area contributed by atoms with E-state index in [1.165, 1.54) is 0 Å². The van der Waals surface area contributed by atoms with Gasteiger partial charge in [-0.15, -0.1) is 0 Å². The second-order valence-corrected chi connectivity index (χ2v) is 5.26. The maximum absolute atomic E-state index is 12.3. The SMILES string of the molecule is CCOc1ccc(C(=O)Nc2cc(C)ccc2C)cc1Cl. The van der Waals surface area contributed by atoms with Gasteiger partial charge in [-0.05, 0) is 56.2 Å². The van der Waals surface area contributed by atoms with E-state index < -0.39 is 0 Å². The Balaban J connectivity index is 2.20. The molecule has 0 saturated heterocycles. The van der Waals surface area contributed by atoms with Crippen LogP contribution in [0, 0.1) is 13.8 Å². The number of aryl methyl sites for hydroxylation is 2. The molecular formula is C17H18ClNO2. The van der Waals surface area contributed by atoms with Crippen LogP contribution in [0.15, 0.2) is 36.4 Å². The summed E-state index contributed by atoms with van der Waals surface area (Å²) >= 11 is 6.11. The Morgan fingerprint density at radius 1 is 1.19 bits per heavy atom. The topological polar surface area (TPSA) is 38.3 Å². The van der Waals surface area contributed by atoms with E-state index in [2.05, 4.69) is 5.32 Å². The lowest BCUT2D eigenvalue weighted by molar-refractivity contribution is 0.102. The second kappa shape index (κ2) is 6.64. The zero-order valence-corrected chi connectivity index (χ0v) is 13.1. The van der Waals surface area contributed by atoms with E-state index in [1.54, 1.807) is 18.2 Å². The van der Waals surface area contributed by atoms with Crippen molar-refractivity contribution in [1.82, 2.24) is 0 Å². The highest BCUT2D eigenvalue weighted by molar-refractivity contribution is 6.32. The summed E-state index contributed by atoms with van der Waals surface area (Å²) in [5.41, 5.74) is 3.43. The molecule has 3 nitrogen and oxygen atoms in total. The summed E-state index contributed by atoms with van der Waals surface area (Å²) in [6, 6.07) is 11.0. The Bertz CT molecular complexity index is 668. The Labute approximate surface area is 129 Å². The Morgan fingerprint density at radius 2 is 1.95 bits per heavy atom. The quantitative estimate of drug-likeness (QED) is 0.896. The summed E-state index contributed by atoms with van der Waals surface area (Å²) in [7, 11) is 0. The predicted molar refractivity (Wildman–Crippen MR) is 86.5 cm³/mol. The fraction of sp³-hybridized carbons (Fsp3) is 0.235. The molecule has 0 saturated carbocycles. The minimum absolute atomic E-state index is 0.186. The minimum Gasteiger partial charge on any atom is -0.492 e. The summed E-state index contributed by atoms with van der Waals surface area (Å²) in [4.78, 5) is 12.3. The first kappa shape index (κ1) is 15.4. The molecule has 110 valence electrons. The lowest BCUT2D eigenvalue weighted by Gasteiger charge is -2.11. The monoisotopic (exact) mass is 303 g/mol. The largest absolute Gasteiger partial charge is 0.492 e. The van der Waals surface area contributed by atoms with Gasteiger partial charge < -0.3 is 10.1 Å². The minimum atomic E-state index is -0.186. The van der Waals surface area contributed by atoms with Gasteiger partial charge in [0.05, 0.1) is 11.6 Å². The molecule has 0 aliphatic heterocycles. The summed E-state index contributed by atoms with van der Waals surface area (Å²) in [6.45, 7) is 6.37. The van der Waals surface area contributed by atoms with Gasteiger partial charge >= 0.3 is 0 Å². The molecule has 0 atom stereocenters. The van der Waals surface area contributed by atoms with Crippen molar-refractivity contribution in [3.8, 4) is 5.75 Å². The molecule has 0 fully saturated rings. The molecule has 0 bridgehead atoms. The van der Waals surface area contributed by atoms with Crippen molar-refractivity contribution in [2.75, 3.05) is 11.9 Å². The molecule has 1 N–H and O–H groups in total. The van der Waals surface area contributed by atoms with Crippen LogP contribution in [0.1, 0.15) is 28.4 Å². The molecule has 0 unspecified atom stereocenters. The summed E-state index contributed by atoms with van der Waals surface area (Å²) in [5, 5.41) is 3.34. The van der Waals surface area contributed by atoms with Crippen LogP contribution >= 0.6 is 11.6 Å². The first-order valence-corrected chi connectivity index (χ1v) is 7.20. The fourth-order valence-corrected chi connectivity index (χ4v) is 2.21. The number of anilines is 1. The van der Waals surface area contributed by atoms with E-state index in [4.69, 9.17) is 16.3 Å².